The van der Waals surface area contributed by atoms with Gasteiger partial charge in [-0.3, -0.25) is 0 Å². The number of phenolic OH excluding ortho intramolecular Hbond substituents is 1. The van der Waals surface area contributed by atoms with Crippen molar-refractivity contribution in [3.63, 3.8) is 0 Å². The lowest BCUT2D eigenvalue weighted by Crippen LogP contribution is -2.04. The van der Waals surface area contributed by atoms with E-state index in [-0.39, 0.29) is 11.8 Å². The smallest absolute Gasteiger partial charge is 0.117 e. The molecule has 0 saturated carbocycles. The highest BCUT2D eigenvalue weighted by atomic mass is 79.9. The van der Waals surface area contributed by atoms with Crippen molar-refractivity contribution in [3.05, 3.63) is 45.1 Å². The van der Waals surface area contributed by atoms with Crippen LogP contribution in [0.5, 0.6) is 5.75 Å². The predicted molar refractivity (Wildman–Crippen MR) is 72.2 cm³/mol. The van der Waals surface area contributed by atoms with Crippen molar-refractivity contribution in [2.75, 3.05) is 5.32 Å². The lowest BCUT2D eigenvalue weighted by Gasteiger charge is -2.14. The summed E-state index contributed by atoms with van der Waals surface area (Å²) in [4.78, 5) is 1.25. The van der Waals surface area contributed by atoms with E-state index in [9.17, 15) is 5.11 Å². The van der Waals surface area contributed by atoms with Gasteiger partial charge in [-0.25, -0.2) is 0 Å². The van der Waals surface area contributed by atoms with Gasteiger partial charge < -0.3 is 10.4 Å². The molecule has 0 amide bonds. The van der Waals surface area contributed by atoms with Crippen molar-refractivity contribution >= 4 is 33.0 Å². The fraction of sp³-hybridized carbons (Fsp3) is 0.167. The fourth-order valence-corrected chi connectivity index (χ4v) is 3.25. The second-order valence-corrected chi connectivity index (χ2v) is 5.35. The number of hydrogen-bond donors (Lipinski definition) is 2. The van der Waals surface area contributed by atoms with Gasteiger partial charge in [-0.1, -0.05) is 6.07 Å². The molecule has 0 fully saturated rings. The Morgan fingerprint density at radius 2 is 2.19 bits per heavy atom. The molecule has 2 aromatic rings. The molecule has 2 nitrogen and oxygen atoms in total. The quantitative estimate of drug-likeness (QED) is 0.881. The van der Waals surface area contributed by atoms with Crippen molar-refractivity contribution in [2.24, 2.45) is 0 Å². The molecule has 1 atom stereocenters. The molecule has 1 aromatic heterocycles. The van der Waals surface area contributed by atoms with Gasteiger partial charge in [0, 0.05) is 21.1 Å². The zero-order valence-corrected chi connectivity index (χ0v) is 11.2. The number of hydrogen-bond acceptors (Lipinski definition) is 3. The summed E-state index contributed by atoms with van der Waals surface area (Å²) in [5.41, 5.74) is 0.924. The lowest BCUT2D eigenvalue weighted by atomic mass is 10.2. The minimum atomic E-state index is 0.219. The largest absolute Gasteiger partial charge is 0.508 e. The van der Waals surface area contributed by atoms with Crippen LogP contribution in [0.3, 0.4) is 0 Å². The van der Waals surface area contributed by atoms with E-state index in [2.05, 4.69) is 33.6 Å². The summed E-state index contributed by atoms with van der Waals surface area (Å²) >= 11 is 5.22. The molecule has 0 aliphatic rings. The minimum absolute atomic E-state index is 0.219. The predicted octanol–water partition coefficient (Wildman–Crippen LogP) is 4.39. The molecule has 1 heterocycles. The van der Waals surface area contributed by atoms with E-state index in [0.29, 0.717) is 0 Å². The number of rotatable bonds is 3. The van der Waals surface area contributed by atoms with Gasteiger partial charge in [0.25, 0.3) is 0 Å². The number of halogens is 1. The molecule has 16 heavy (non-hydrogen) atoms. The summed E-state index contributed by atoms with van der Waals surface area (Å²) in [6, 6.07) is 9.41. The standard InChI is InChI=1S/C12H12BrNOS/c1-8(12-11(13)5-6-16-12)14-9-3-2-4-10(15)7-9/h2-8,14-15H,1H3. The van der Waals surface area contributed by atoms with Crippen LogP contribution in [-0.4, -0.2) is 5.11 Å². The maximum atomic E-state index is 9.36. The van der Waals surface area contributed by atoms with Crippen LogP contribution in [0.4, 0.5) is 5.69 Å². The highest BCUT2D eigenvalue weighted by Gasteiger charge is 2.10. The highest BCUT2D eigenvalue weighted by Crippen LogP contribution is 2.31. The molecule has 0 aliphatic heterocycles. The first-order valence-electron chi connectivity index (χ1n) is 4.95. The molecular weight excluding hydrogens is 286 g/mol. The molecule has 0 aliphatic carbocycles. The van der Waals surface area contributed by atoms with Crippen molar-refractivity contribution in [1.29, 1.82) is 0 Å². The average Bonchev–Trinajstić information content (AvgIpc) is 2.64. The van der Waals surface area contributed by atoms with Crippen molar-refractivity contribution < 1.29 is 5.11 Å². The van der Waals surface area contributed by atoms with E-state index in [4.69, 9.17) is 0 Å². The molecule has 2 N–H and O–H groups in total. The Morgan fingerprint density at radius 3 is 2.81 bits per heavy atom. The Bertz CT molecular complexity index is 483. The molecule has 0 bridgehead atoms. The van der Waals surface area contributed by atoms with Crippen LogP contribution >= 0.6 is 27.3 Å². The number of phenols is 1. The van der Waals surface area contributed by atoms with E-state index in [1.54, 1.807) is 23.5 Å². The number of anilines is 1. The summed E-state index contributed by atoms with van der Waals surface area (Å²) in [5.74, 6) is 0.280. The summed E-state index contributed by atoms with van der Waals surface area (Å²) < 4.78 is 1.12. The third kappa shape index (κ3) is 2.57. The van der Waals surface area contributed by atoms with Gasteiger partial charge in [0.15, 0.2) is 0 Å². The van der Waals surface area contributed by atoms with Gasteiger partial charge in [0.2, 0.25) is 0 Å². The zero-order valence-electron chi connectivity index (χ0n) is 8.77. The van der Waals surface area contributed by atoms with Crippen molar-refractivity contribution in [2.45, 2.75) is 13.0 Å². The second kappa shape index (κ2) is 4.89. The monoisotopic (exact) mass is 297 g/mol. The lowest BCUT2D eigenvalue weighted by molar-refractivity contribution is 0.475. The normalized spacial score (nSPS) is 12.4. The highest BCUT2D eigenvalue weighted by molar-refractivity contribution is 9.10. The molecule has 2 rings (SSSR count). The van der Waals surface area contributed by atoms with E-state index < -0.39 is 0 Å². The topological polar surface area (TPSA) is 32.3 Å². The summed E-state index contributed by atoms with van der Waals surface area (Å²) in [6.45, 7) is 2.10. The Hall–Kier alpha value is -1.00. The van der Waals surface area contributed by atoms with Gasteiger partial charge >= 0.3 is 0 Å². The summed E-state index contributed by atoms with van der Waals surface area (Å²) in [7, 11) is 0. The molecule has 0 saturated heterocycles. The van der Waals surface area contributed by atoms with Gasteiger partial charge in [-0.15, -0.1) is 11.3 Å². The Morgan fingerprint density at radius 1 is 1.38 bits per heavy atom. The average molecular weight is 298 g/mol. The first-order chi connectivity index (χ1) is 7.66. The minimum Gasteiger partial charge on any atom is -0.508 e. The van der Waals surface area contributed by atoms with E-state index in [1.165, 1.54) is 4.88 Å². The van der Waals surface area contributed by atoms with Crippen LogP contribution in [0.15, 0.2) is 40.2 Å². The SMILES string of the molecule is CC(Nc1cccc(O)c1)c1sccc1Br. The van der Waals surface area contributed by atoms with E-state index >= 15 is 0 Å². The third-order valence-electron chi connectivity index (χ3n) is 2.27. The maximum Gasteiger partial charge on any atom is 0.117 e. The van der Waals surface area contributed by atoms with Crippen LogP contribution in [-0.2, 0) is 0 Å². The molecule has 84 valence electrons. The van der Waals surface area contributed by atoms with Crippen LogP contribution in [0.25, 0.3) is 0 Å². The Kier molecular flexibility index (Phi) is 3.51. The number of benzene rings is 1. The number of nitrogens with one attached hydrogen (secondary N) is 1. The zero-order chi connectivity index (χ0) is 11.5. The molecule has 1 aromatic carbocycles. The van der Waals surface area contributed by atoms with Gasteiger partial charge in [0.05, 0.1) is 6.04 Å². The van der Waals surface area contributed by atoms with Gasteiger partial charge in [0.1, 0.15) is 5.75 Å². The molecular formula is C12H12BrNOS. The number of thiophene rings is 1. The van der Waals surface area contributed by atoms with E-state index in [0.717, 1.165) is 10.2 Å². The van der Waals surface area contributed by atoms with Crippen LogP contribution in [0, 0.1) is 0 Å². The second-order valence-electron chi connectivity index (χ2n) is 3.55. The summed E-state index contributed by atoms with van der Waals surface area (Å²) in [5, 5.41) is 14.8. The van der Waals surface area contributed by atoms with Crippen LogP contribution < -0.4 is 5.32 Å². The van der Waals surface area contributed by atoms with Crippen LogP contribution in [0.1, 0.15) is 17.8 Å². The molecule has 4 heteroatoms. The molecule has 1 unspecified atom stereocenters. The maximum absolute atomic E-state index is 9.36. The number of aromatic hydroxyl groups is 1. The fourth-order valence-electron chi connectivity index (χ4n) is 1.53. The molecule has 0 spiro atoms. The Balaban J connectivity index is 2.14. The summed E-state index contributed by atoms with van der Waals surface area (Å²) in [6.07, 6.45) is 0. The van der Waals surface area contributed by atoms with Crippen LogP contribution in [0.2, 0.25) is 0 Å². The first kappa shape index (κ1) is 11.5. The molecule has 0 radical (unpaired) electrons. The Labute approximate surface area is 107 Å². The van der Waals surface area contributed by atoms with Gasteiger partial charge in [-0.05, 0) is 46.4 Å². The van der Waals surface area contributed by atoms with E-state index in [1.807, 2.05) is 18.2 Å². The van der Waals surface area contributed by atoms with Crippen molar-refractivity contribution in [3.8, 4) is 5.75 Å². The first-order valence-corrected chi connectivity index (χ1v) is 6.62. The van der Waals surface area contributed by atoms with Crippen molar-refractivity contribution in [1.82, 2.24) is 0 Å². The third-order valence-corrected chi connectivity index (χ3v) is 4.32. The van der Waals surface area contributed by atoms with Gasteiger partial charge in [-0.2, -0.15) is 0 Å².